The van der Waals surface area contributed by atoms with E-state index in [1.54, 1.807) is 18.2 Å². The lowest BCUT2D eigenvalue weighted by molar-refractivity contribution is 0.0419. The lowest BCUT2D eigenvalue weighted by Crippen LogP contribution is -2.15. The Morgan fingerprint density at radius 3 is 2.78 bits per heavy atom. The van der Waals surface area contributed by atoms with Crippen molar-refractivity contribution < 1.29 is 9.53 Å². The Hall–Kier alpha value is -1.54. The van der Waals surface area contributed by atoms with Crippen molar-refractivity contribution in [3.8, 4) is 6.07 Å². The molecular weight excluding hydrogens is 296 g/mol. The summed E-state index contributed by atoms with van der Waals surface area (Å²) in [5, 5.41) is 8.68. The Morgan fingerprint density at radius 2 is 2.22 bits per heavy atom. The summed E-state index contributed by atoms with van der Waals surface area (Å²) in [7, 11) is 0. The van der Waals surface area contributed by atoms with Crippen LogP contribution in [-0.4, -0.2) is 12.6 Å². The van der Waals surface area contributed by atoms with E-state index < -0.39 is 5.97 Å². The number of anilines is 1. The first-order valence-electron chi connectivity index (χ1n) is 5.65. The smallest absolute Gasteiger partial charge is 0.338 e. The molecule has 1 aromatic rings. The zero-order valence-electron chi connectivity index (χ0n) is 9.78. The summed E-state index contributed by atoms with van der Waals surface area (Å²) in [5.74, 6) is -0.396. The van der Waals surface area contributed by atoms with Crippen LogP contribution in [0, 0.1) is 16.7 Å². The van der Waals surface area contributed by atoms with Gasteiger partial charge in [-0.25, -0.2) is 4.79 Å². The summed E-state index contributed by atoms with van der Waals surface area (Å²) in [6, 6.07) is 7.10. The molecule has 1 aliphatic carbocycles. The molecule has 0 saturated heterocycles. The summed E-state index contributed by atoms with van der Waals surface area (Å²) in [6.45, 7) is 0.311. The number of carbonyl (C=O) groups is 1. The number of nitrogens with two attached hydrogens (primary N) is 1. The molecule has 0 atom stereocenters. The fourth-order valence-corrected chi connectivity index (χ4v) is 2.26. The van der Waals surface area contributed by atoms with Crippen molar-refractivity contribution in [3.05, 3.63) is 28.2 Å². The molecular formula is C13H13BrN2O2. The summed E-state index contributed by atoms with van der Waals surface area (Å²) < 4.78 is 5.99. The molecule has 1 aromatic carbocycles. The van der Waals surface area contributed by atoms with Crippen LogP contribution >= 0.6 is 15.9 Å². The van der Waals surface area contributed by atoms with Crippen LogP contribution < -0.4 is 5.73 Å². The molecule has 1 aliphatic rings. The van der Waals surface area contributed by atoms with Gasteiger partial charge in [0.15, 0.2) is 0 Å². The number of benzene rings is 1. The minimum Gasteiger partial charge on any atom is -0.461 e. The molecule has 0 aliphatic heterocycles. The summed E-state index contributed by atoms with van der Waals surface area (Å²) in [6.07, 6.45) is 2.35. The van der Waals surface area contributed by atoms with Crippen LogP contribution in [0.4, 0.5) is 5.69 Å². The predicted molar refractivity (Wildman–Crippen MR) is 70.7 cm³/mol. The van der Waals surface area contributed by atoms with Crippen molar-refractivity contribution in [1.29, 1.82) is 5.26 Å². The Morgan fingerprint density at radius 1 is 1.50 bits per heavy atom. The highest BCUT2D eigenvalue weighted by Gasteiger charge is 2.43. The quantitative estimate of drug-likeness (QED) is 0.685. The lowest BCUT2D eigenvalue weighted by Gasteiger charge is -2.12. The number of hydrogen-bond acceptors (Lipinski definition) is 4. The SMILES string of the molecule is N#CCC1(COC(=O)c2cc(N)cc(Br)c2)CC1. The molecule has 0 bridgehead atoms. The molecule has 94 valence electrons. The topological polar surface area (TPSA) is 76.1 Å². The highest BCUT2D eigenvalue weighted by Crippen LogP contribution is 2.48. The minimum atomic E-state index is -0.396. The highest BCUT2D eigenvalue weighted by atomic mass is 79.9. The van der Waals surface area contributed by atoms with Crippen LogP contribution in [0.1, 0.15) is 29.6 Å². The van der Waals surface area contributed by atoms with Crippen LogP contribution in [-0.2, 0) is 4.74 Å². The number of rotatable bonds is 4. The van der Waals surface area contributed by atoms with Crippen LogP contribution in [0.15, 0.2) is 22.7 Å². The number of nitrogens with zero attached hydrogens (tertiary/aromatic N) is 1. The number of hydrogen-bond donors (Lipinski definition) is 1. The Kier molecular flexibility index (Phi) is 3.58. The normalized spacial score (nSPS) is 15.8. The largest absolute Gasteiger partial charge is 0.461 e. The highest BCUT2D eigenvalue weighted by molar-refractivity contribution is 9.10. The van der Waals surface area contributed by atoms with Gasteiger partial charge in [0.1, 0.15) is 0 Å². The summed E-state index contributed by atoms with van der Waals surface area (Å²) in [4.78, 5) is 11.8. The Balaban J connectivity index is 1.98. The number of nitriles is 1. The van der Waals surface area contributed by atoms with Crippen molar-refractivity contribution >= 4 is 27.6 Å². The van der Waals surface area contributed by atoms with E-state index in [9.17, 15) is 4.79 Å². The number of halogens is 1. The third-order valence-corrected chi connectivity index (χ3v) is 3.53. The van der Waals surface area contributed by atoms with Gasteiger partial charge in [-0.2, -0.15) is 5.26 Å². The molecule has 18 heavy (non-hydrogen) atoms. The Labute approximate surface area is 114 Å². The molecule has 2 rings (SSSR count). The van der Waals surface area contributed by atoms with Gasteiger partial charge in [0, 0.05) is 22.0 Å². The average molecular weight is 309 g/mol. The van der Waals surface area contributed by atoms with Crippen molar-refractivity contribution in [3.63, 3.8) is 0 Å². The number of carbonyl (C=O) groups excluding carboxylic acids is 1. The minimum absolute atomic E-state index is 0.0953. The second kappa shape index (κ2) is 4.99. The Bertz CT molecular complexity index is 498. The average Bonchev–Trinajstić information content (AvgIpc) is 3.06. The molecule has 0 spiro atoms. The summed E-state index contributed by atoms with van der Waals surface area (Å²) >= 11 is 3.28. The molecule has 0 radical (unpaired) electrons. The molecule has 0 aromatic heterocycles. The maximum Gasteiger partial charge on any atom is 0.338 e. The standard InChI is InChI=1S/C13H13BrN2O2/c14-10-5-9(6-11(16)7-10)12(17)18-8-13(1-2-13)3-4-15/h5-7H,1-3,8,16H2. The van der Waals surface area contributed by atoms with Crippen molar-refractivity contribution in [2.24, 2.45) is 5.41 Å². The lowest BCUT2D eigenvalue weighted by atomic mass is 10.1. The van der Waals surface area contributed by atoms with E-state index in [0.29, 0.717) is 24.3 Å². The van der Waals surface area contributed by atoms with Crippen LogP contribution in [0.5, 0.6) is 0 Å². The number of esters is 1. The second-order valence-corrected chi connectivity index (χ2v) is 5.60. The van der Waals surface area contributed by atoms with Crippen LogP contribution in [0.2, 0.25) is 0 Å². The van der Waals surface area contributed by atoms with E-state index in [-0.39, 0.29) is 5.41 Å². The fourth-order valence-electron chi connectivity index (χ4n) is 1.75. The maximum atomic E-state index is 11.8. The molecule has 1 fully saturated rings. The first-order valence-corrected chi connectivity index (χ1v) is 6.44. The van der Waals surface area contributed by atoms with Crippen molar-refractivity contribution in [2.45, 2.75) is 19.3 Å². The first-order chi connectivity index (χ1) is 8.54. The molecule has 1 saturated carbocycles. The van der Waals surface area contributed by atoms with E-state index in [1.165, 1.54) is 0 Å². The van der Waals surface area contributed by atoms with Gasteiger partial charge in [0.05, 0.1) is 18.2 Å². The first kappa shape index (κ1) is 12.9. The van der Waals surface area contributed by atoms with Crippen molar-refractivity contribution in [2.75, 3.05) is 12.3 Å². The van der Waals surface area contributed by atoms with Gasteiger partial charge < -0.3 is 10.5 Å². The van der Waals surface area contributed by atoms with E-state index >= 15 is 0 Å². The maximum absolute atomic E-state index is 11.8. The molecule has 4 nitrogen and oxygen atoms in total. The third kappa shape index (κ3) is 3.02. The zero-order valence-corrected chi connectivity index (χ0v) is 11.4. The monoisotopic (exact) mass is 308 g/mol. The van der Waals surface area contributed by atoms with Gasteiger partial charge in [-0.15, -0.1) is 0 Å². The van der Waals surface area contributed by atoms with Gasteiger partial charge in [-0.3, -0.25) is 0 Å². The summed E-state index contributed by atoms with van der Waals surface area (Å²) in [5.41, 5.74) is 6.50. The van der Waals surface area contributed by atoms with Crippen LogP contribution in [0.3, 0.4) is 0 Å². The van der Waals surface area contributed by atoms with E-state index in [4.69, 9.17) is 15.7 Å². The number of ether oxygens (including phenoxy) is 1. The molecule has 0 amide bonds. The van der Waals surface area contributed by atoms with Gasteiger partial charge in [-0.05, 0) is 31.0 Å². The van der Waals surface area contributed by atoms with E-state index in [0.717, 1.165) is 17.3 Å². The molecule has 0 heterocycles. The second-order valence-electron chi connectivity index (χ2n) is 4.68. The van der Waals surface area contributed by atoms with Gasteiger partial charge in [0.25, 0.3) is 0 Å². The van der Waals surface area contributed by atoms with Gasteiger partial charge >= 0.3 is 5.97 Å². The number of nitrogen functional groups attached to an aromatic ring is 1. The molecule has 5 heteroatoms. The zero-order chi connectivity index (χ0) is 13.2. The molecule has 2 N–H and O–H groups in total. The third-order valence-electron chi connectivity index (χ3n) is 3.08. The molecule has 0 unspecified atom stereocenters. The fraction of sp³-hybridized carbons (Fsp3) is 0.385. The van der Waals surface area contributed by atoms with Gasteiger partial charge in [-0.1, -0.05) is 15.9 Å². The van der Waals surface area contributed by atoms with E-state index in [1.807, 2.05) is 0 Å². The van der Waals surface area contributed by atoms with Gasteiger partial charge in [0.2, 0.25) is 0 Å². The van der Waals surface area contributed by atoms with Crippen molar-refractivity contribution in [1.82, 2.24) is 0 Å². The predicted octanol–water partition coefficient (Wildman–Crippen LogP) is 2.88. The van der Waals surface area contributed by atoms with Crippen LogP contribution in [0.25, 0.3) is 0 Å². The van der Waals surface area contributed by atoms with E-state index in [2.05, 4.69) is 22.0 Å².